The SMILES string of the molecule is C=C(C)C(=O)OC(C)CCCO.C=CC(=O)OCCO. The average Bonchev–Trinajstić information content (AvgIpc) is 2.42. The lowest BCUT2D eigenvalue weighted by molar-refractivity contribution is -0.143. The van der Waals surface area contributed by atoms with Gasteiger partial charge in [-0.05, 0) is 26.7 Å². The van der Waals surface area contributed by atoms with E-state index < -0.39 is 5.97 Å². The van der Waals surface area contributed by atoms with Crippen LogP contribution in [-0.4, -0.2) is 48.1 Å². The molecule has 6 heteroatoms. The molecule has 0 fully saturated rings. The van der Waals surface area contributed by atoms with Gasteiger partial charge in [0.2, 0.25) is 0 Å². The van der Waals surface area contributed by atoms with Crippen LogP contribution in [0.25, 0.3) is 0 Å². The third-order valence-electron chi connectivity index (χ3n) is 1.93. The normalized spacial score (nSPS) is 10.6. The highest BCUT2D eigenvalue weighted by molar-refractivity contribution is 5.87. The molecule has 0 aliphatic rings. The van der Waals surface area contributed by atoms with Gasteiger partial charge in [0.15, 0.2) is 0 Å². The van der Waals surface area contributed by atoms with Crippen molar-refractivity contribution in [1.82, 2.24) is 0 Å². The van der Waals surface area contributed by atoms with Gasteiger partial charge in [0.05, 0.1) is 12.7 Å². The number of rotatable bonds is 8. The van der Waals surface area contributed by atoms with E-state index in [0.717, 1.165) is 6.08 Å². The molecule has 0 saturated carbocycles. The largest absolute Gasteiger partial charge is 0.460 e. The molecule has 0 aliphatic carbocycles. The summed E-state index contributed by atoms with van der Waals surface area (Å²) in [5.41, 5.74) is 0.408. The van der Waals surface area contributed by atoms with Crippen LogP contribution in [0.1, 0.15) is 26.7 Å². The lowest BCUT2D eigenvalue weighted by Gasteiger charge is -2.11. The second-order valence-electron chi connectivity index (χ2n) is 3.96. The first-order valence-electron chi connectivity index (χ1n) is 6.26. The molecule has 0 bridgehead atoms. The van der Waals surface area contributed by atoms with Crippen molar-refractivity contribution in [1.29, 1.82) is 0 Å². The van der Waals surface area contributed by atoms with Gasteiger partial charge < -0.3 is 19.7 Å². The van der Waals surface area contributed by atoms with Crippen molar-refractivity contribution in [2.75, 3.05) is 19.8 Å². The van der Waals surface area contributed by atoms with Crippen molar-refractivity contribution in [2.24, 2.45) is 0 Å². The molecule has 0 rings (SSSR count). The third kappa shape index (κ3) is 14.4. The Balaban J connectivity index is 0. The summed E-state index contributed by atoms with van der Waals surface area (Å²) in [6.45, 7) is 10.1. The van der Waals surface area contributed by atoms with Gasteiger partial charge in [0, 0.05) is 18.3 Å². The summed E-state index contributed by atoms with van der Waals surface area (Å²) in [5.74, 6) is -0.862. The van der Waals surface area contributed by atoms with Crippen LogP contribution < -0.4 is 0 Å². The lowest BCUT2D eigenvalue weighted by Crippen LogP contribution is -2.15. The number of hydrogen-bond acceptors (Lipinski definition) is 6. The summed E-state index contributed by atoms with van der Waals surface area (Å²) in [6.07, 6.45) is 2.26. The molecule has 0 aromatic heterocycles. The summed E-state index contributed by atoms with van der Waals surface area (Å²) in [7, 11) is 0. The number of hydrogen-bond donors (Lipinski definition) is 2. The number of aliphatic hydroxyl groups is 2. The van der Waals surface area contributed by atoms with Crippen LogP contribution in [0.4, 0.5) is 0 Å². The smallest absolute Gasteiger partial charge is 0.333 e. The van der Waals surface area contributed by atoms with E-state index in [4.69, 9.17) is 14.9 Å². The van der Waals surface area contributed by atoms with Gasteiger partial charge >= 0.3 is 11.9 Å². The Labute approximate surface area is 119 Å². The zero-order valence-electron chi connectivity index (χ0n) is 12.1. The maximum absolute atomic E-state index is 10.9. The molecular weight excluding hydrogens is 264 g/mol. The quantitative estimate of drug-likeness (QED) is 0.511. The molecule has 0 radical (unpaired) electrons. The summed E-state index contributed by atoms with van der Waals surface area (Å²) < 4.78 is 9.30. The Morgan fingerprint density at radius 1 is 1.30 bits per heavy atom. The second kappa shape index (κ2) is 13.8. The topological polar surface area (TPSA) is 93.1 Å². The second-order valence-corrected chi connectivity index (χ2v) is 3.96. The van der Waals surface area contributed by atoms with E-state index >= 15 is 0 Å². The van der Waals surface area contributed by atoms with Gasteiger partial charge in [-0.2, -0.15) is 0 Å². The molecule has 0 saturated heterocycles. The molecule has 0 aliphatic heterocycles. The Bertz CT molecular complexity index is 311. The zero-order chi connectivity index (χ0) is 16.0. The number of esters is 2. The minimum atomic E-state index is -0.501. The summed E-state index contributed by atoms with van der Waals surface area (Å²) in [5, 5.41) is 16.6. The summed E-state index contributed by atoms with van der Waals surface area (Å²) in [6, 6.07) is 0. The molecular formula is C14H24O6. The van der Waals surface area contributed by atoms with Crippen molar-refractivity contribution >= 4 is 11.9 Å². The van der Waals surface area contributed by atoms with E-state index in [1.54, 1.807) is 13.8 Å². The number of carbonyl (C=O) groups excluding carboxylic acids is 2. The summed E-state index contributed by atoms with van der Waals surface area (Å²) in [4.78, 5) is 21.1. The average molecular weight is 288 g/mol. The molecule has 0 aromatic rings. The first-order valence-corrected chi connectivity index (χ1v) is 6.26. The molecule has 116 valence electrons. The Morgan fingerprint density at radius 2 is 1.90 bits per heavy atom. The molecule has 6 nitrogen and oxygen atoms in total. The van der Waals surface area contributed by atoms with Crippen LogP contribution in [0.3, 0.4) is 0 Å². The number of ether oxygens (including phenoxy) is 2. The van der Waals surface area contributed by atoms with Crippen molar-refractivity contribution in [2.45, 2.75) is 32.8 Å². The zero-order valence-corrected chi connectivity index (χ0v) is 12.1. The van der Waals surface area contributed by atoms with Crippen LogP contribution in [0.5, 0.6) is 0 Å². The van der Waals surface area contributed by atoms with Gasteiger partial charge in [-0.25, -0.2) is 9.59 Å². The highest BCUT2D eigenvalue weighted by Gasteiger charge is 2.08. The van der Waals surface area contributed by atoms with Crippen molar-refractivity contribution < 1.29 is 29.3 Å². The molecule has 0 aromatic carbocycles. The molecule has 2 N–H and O–H groups in total. The standard InChI is InChI=1S/C9H16O3.C5H8O3/c1-7(2)9(11)12-8(3)5-4-6-10;1-2-5(7)8-4-3-6/h8,10H,1,4-6H2,2-3H3;2,6H,1,3-4H2. The van der Waals surface area contributed by atoms with Crippen LogP contribution in [0.15, 0.2) is 24.8 Å². The van der Waals surface area contributed by atoms with E-state index in [2.05, 4.69) is 17.9 Å². The Kier molecular flexibility index (Phi) is 14.2. The third-order valence-corrected chi connectivity index (χ3v) is 1.93. The van der Waals surface area contributed by atoms with E-state index in [-0.39, 0.29) is 31.9 Å². The van der Waals surface area contributed by atoms with Crippen molar-refractivity contribution in [3.8, 4) is 0 Å². The van der Waals surface area contributed by atoms with Crippen LogP contribution in [0, 0.1) is 0 Å². The van der Waals surface area contributed by atoms with Crippen LogP contribution in [-0.2, 0) is 19.1 Å². The fourth-order valence-electron chi connectivity index (χ4n) is 0.926. The monoisotopic (exact) mass is 288 g/mol. The van der Waals surface area contributed by atoms with Crippen LogP contribution in [0.2, 0.25) is 0 Å². The molecule has 0 spiro atoms. The van der Waals surface area contributed by atoms with Crippen molar-refractivity contribution in [3.63, 3.8) is 0 Å². The first kappa shape index (κ1) is 20.7. The maximum atomic E-state index is 10.9. The fraction of sp³-hybridized carbons (Fsp3) is 0.571. The first-order chi connectivity index (χ1) is 9.38. The predicted octanol–water partition coefficient (Wildman–Crippen LogP) is 0.975. The van der Waals surface area contributed by atoms with Crippen molar-refractivity contribution in [3.05, 3.63) is 24.8 Å². The van der Waals surface area contributed by atoms with Gasteiger partial charge in [0.25, 0.3) is 0 Å². The van der Waals surface area contributed by atoms with Gasteiger partial charge in [-0.3, -0.25) is 0 Å². The minimum Gasteiger partial charge on any atom is -0.460 e. The summed E-state index contributed by atoms with van der Waals surface area (Å²) >= 11 is 0. The van der Waals surface area contributed by atoms with E-state index in [9.17, 15) is 9.59 Å². The number of carbonyl (C=O) groups is 2. The highest BCUT2D eigenvalue weighted by atomic mass is 16.5. The molecule has 1 unspecified atom stereocenters. The Hall–Kier alpha value is -1.66. The molecule has 1 atom stereocenters. The maximum Gasteiger partial charge on any atom is 0.333 e. The minimum absolute atomic E-state index is 0.0465. The van der Waals surface area contributed by atoms with E-state index in [1.807, 2.05) is 0 Å². The van der Waals surface area contributed by atoms with Crippen LogP contribution >= 0.6 is 0 Å². The van der Waals surface area contributed by atoms with Gasteiger partial charge in [-0.15, -0.1) is 0 Å². The molecule has 0 amide bonds. The fourth-order valence-corrected chi connectivity index (χ4v) is 0.926. The van der Waals surface area contributed by atoms with E-state index in [1.165, 1.54) is 0 Å². The predicted molar refractivity (Wildman–Crippen MR) is 74.9 cm³/mol. The van der Waals surface area contributed by atoms with Gasteiger partial charge in [0.1, 0.15) is 6.61 Å². The highest BCUT2D eigenvalue weighted by Crippen LogP contribution is 2.03. The van der Waals surface area contributed by atoms with Gasteiger partial charge in [-0.1, -0.05) is 13.2 Å². The van der Waals surface area contributed by atoms with E-state index in [0.29, 0.717) is 18.4 Å². The number of aliphatic hydroxyl groups excluding tert-OH is 2. The Morgan fingerprint density at radius 3 is 2.30 bits per heavy atom. The molecule has 0 heterocycles. The lowest BCUT2D eigenvalue weighted by atomic mass is 10.2. The molecule has 20 heavy (non-hydrogen) atoms.